The Morgan fingerprint density at radius 3 is 2.43 bits per heavy atom. The van der Waals surface area contributed by atoms with E-state index >= 15 is 0 Å². The van der Waals surface area contributed by atoms with Crippen molar-refractivity contribution >= 4 is 57.6 Å². The summed E-state index contributed by atoms with van der Waals surface area (Å²) in [5, 5.41) is 7.22. The molecule has 5 rings (SSSR count). The number of allylic oxidation sites excluding steroid dienone is 1. The molecule has 1 saturated carbocycles. The number of amides is 1. The van der Waals surface area contributed by atoms with Gasteiger partial charge in [0.2, 0.25) is 11.9 Å². The highest BCUT2D eigenvalue weighted by Gasteiger charge is 2.29. The number of nitrogens with zero attached hydrogens (tertiary/aromatic N) is 4. The second-order valence-electron chi connectivity index (χ2n) is 12.7. The zero-order valence-electron chi connectivity index (χ0n) is 29.2. The summed E-state index contributed by atoms with van der Waals surface area (Å²) in [6, 6.07) is 10.7. The number of aromatic nitrogens is 3. The molecular formula is C38H42Cl2N6O5. The summed E-state index contributed by atoms with van der Waals surface area (Å²) in [4.78, 5) is 50.3. The van der Waals surface area contributed by atoms with Gasteiger partial charge in [0, 0.05) is 60.5 Å². The molecule has 0 bridgehead atoms. The van der Waals surface area contributed by atoms with Crippen molar-refractivity contribution in [3.8, 4) is 22.6 Å². The first-order chi connectivity index (χ1) is 24.5. The Balaban J connectivity index is 1.51. The molecular weight excluding hydrogens is 691 g/mol. The maximum absolute atomic E-state index is 14.5. The number of hydrogen-bond donors (Lipinski definition) is 2. The number of hydrogen-bond acceptors (Lipinski definition) is 9. The van der Waals surface area contributed by atoms with Gasteiger partial charge in [-0.3, -0.25) is 19.0 Å². The smallest absolute Gasteiger partial charge is 0.260 e. The van der Waals surface area contributed by atoms with E-state index in [1.54, 1.807) is 29.0 Å². The molecule has 11 nitrogen and oxygen atoms in total. The van der Waals surface area contributed by atoms with E-state index in [1.807, 2.05) is 43.3 Å². The van der Waals surface area contributed by atoms with Gasteiger partial charge in [-0.25, -0.2) is 4.98 Å². The number of carbonyl (C=O) groups excluding carboxylic acids is 2. The van der Waals surface area contributed by atoms with Crippen LogP contribution in [0.5, 0.6) is 11.5 Å². The minimum absolute atomic E-state index is 0.00764. The summed E-state index contributed by atoms with van der Waals surface area (Å²) in [6.07, 6.45) is 9.98. The van der Waals surface area contributed by atoms with Crippen LogP contribution >= 0.6 is 23.2 Å². The molecule has 1 aliphatic carbocycles. The number of nitrogens with one attached hydrogen (secondary N) is 2. The van der Waals surface area contributed by atoms with Gasteiger partial charge in [0.15, 0.2) is 5.78 Å². The average Bonchev–Trinajstić information content (AvgIpc) is 3.54. The van der Waals surface area contributed by atoms with Crippen molar-refractivity contribution in [2.75, 3.05) is 45.5 Å². The fourth-order valence-electron chi connectivity index (χ4n) is 6.27. The molecule has 1 fully saturated rings. The van der Waals surface area contributed by atoms with Crippen LogP contribution in [0.4, 0.5) is 11.6 Å². The number of aryl methyl sites for hydroxylation is 2. The maximum Gasteiger partial charge on any atom is 0.260 e. The highest BCUT2D eigenvalue weighted by molar-refractivity contribution is 6.41. The third-order valence-electron chi connectivity index (χ3n) is 8.92. The van der Waals surface area contributed by atoms with Crippen molar-refractivity contribution < 1.29 is 19.1 Å². The average molecular weight is 734 g/mol. The molecule has 1 aliphatic rings. The van der Waals surface area contributed by atoms with E-state index < -0.39 is 0 Å². The van der Waals surface area contributed by atoms with E-state index in [2.05, 4.69) is 22.2 Å². The first-order valence-electron chi connectivity index (χ1n) is 16.7. The first kappa shape index (κ1) is 37.5. The molecule has 0 spiro atoms. The Labute approximate surface area is 307 Å². The number of carbonyl (C=O) groups is 2. The molecule has 2 atom stereocenters. The standard InChI is InChI=1S/C38H42Cl2N6O5/c1-6-27(47)19-24-9-7-10-29(24)43-38-41-22-25-20-28(33-34(39)30(50-4)21-31(51-5)35(33)40)37(49)46(36(25)44-38)18-16-23-12-14-26(15-13-23)42-32(48)11-8-17-45(2)3/h6,8,11-15,20-22,24,29H,1,7,9-10,16-19H2,2-5H3,(H,42,48)(H,41,43,44)/b11-8+. The summed E-state index contributed by atoms with van der Waals surface area (Å²) >= 11 is 13.6. The lowest BCUT2D eigenvalue weighted by atomic mass is 9.97. The third kappa shape index (κ3) is 8.97. The summed E-state index contributed by atoms with van der Waals surface area (Å²) in [6.45, 7) is 4.53. The predicted octanol–water partition coefficient (Wildman–Crippen LogP) is 6.81. The molecule has 4 aromatic rings. The molecule has 268 valence electrons. The number of benzene rings is 2. The van der Waals surface area contributed by atoms with E-state index in [-0.39, 0.29) is 56.9 Å². The van der Waals surface area contributed by atoms with Crippen LogP contribution in [0.3, 0.4) is 0 Å². The van der Waals surface area contributed by atoms with Crippen molar-refractivity contribution in [1.29, 1.82) is 0 Å². The molecule has 1 amide bonds. The van der Waals surface area contributed by atoms with Crippen molar-refractivity contribution in [3.63, 3.8) is 0 Å². The molecule has 51 heavy (non-hydrogen) atoms. The van der Waals surface area contributed by atoms with Crippen molar-refractivity contribution in [1.82, 2.24) is 19.4 Å². The van der Waals surface area contributed by atoms with Crippen LogP contribution < -0.4 is 25.7 Å². The molecule has 13 heteroatoms. The van der Waals surface area contributed by atoms with Gasteiger partial charge in [-0.2, -0.15) is 4.98 Å². The minimum Gasteiger partial charge on any atom is -0.495 e. The normalized spacial score (nSPS) is 15.7. The quantitative estimate of drug-likeness (QED) is 0.127. The van der Waals surface area contributed by atoms with Gasteiger partial charge in [-0.1, -0.05) is 54.4 Å². The van der Waals surface area contributed by atoms with Gasteiger partial charge in [0.25, 0.3) is 5.56 Å². The number of rotatable bonds is 15. The van der Waals surface area contributed by atoms with E-state index in [9.17, 15) is 14.4 Å². The minimum atomic E-state index is -0.366. The van der Waals surface area contributed by atoms with Gasteiger partial charge < -0.3 is 25.0 Å². The molecule has 0 saturated heterocycles. The summed E-state index contributed by atoms with van der Waals surface area (Å²) in [7, 11) is 6.80. The number of methoxy groups -OCH3 is 2. The van der Waals surface area contributed by atoms with Crippen LogP contribution in [0.25, 0.3) is 22.2 Å². The van der Waals surface area contributed by atoms with Crippen LogP contribution in [0.2, 0.25) is 10.0 Å². The number of likely N-dealkylation sites (N-methyl/N-ethyl adjacent to an activating group) is 1. The van der Waals surface area contributed by atoms with Gasteiger partial charge in [-0.15, -0.1) is 0 Å². The van der Waals surface area contributed by atoms with E-state index in [0.29, 0.717) is 53.6 Å². The lowest BCUT2D eigenvalue weighted by Crippen LogP contribution is -2.28. The Hall–Kier alpha value is -4.71. The second kappa shape index (κ2) is 17.0. The predicted molar refractivity (Wildman–Crippen MR) is 203 cm³/mol. The van der Waals surface area contributed by atoms with Gasteiger partial charge >= 0.3 is 0 Å². The fraction of sp³-hybridized carbons (Fsp3) is 0.342. The molecule has 2 N–H and O–H groups in total. The van der Waals surface area contributed by atoms with Crippen LogP contribution in [0.1, 0.15) is 31.2 Å². The molecule has 0 radical (unpaired) electrons. The SMILES string of the molecule is C=CC(=O)CC1CCCC1Nc1ncc2cc(-c3c(Cl)c(OC)cc(OC)c3Cl)c(=O)n(CCc3ccc(NC(=O)/C=C/CN(C)C)cc3)c2n1. The number of ketones is 1. The Morgan fingerprint density at radius 1 is 1.08 bits per heavy atom. The summed E-state index contributed by atoms with van der Waals surface area (Å²) in [5.74, 6) is 0.894. The molecule has 2 heterocycles. The van der Waals surface area contributed by atoms with Gasteiger partial charge in [0.1, 0.15) is 17.1 Å². The number of fused-ring (bicyclic) bond motifs is 1. The largest absolute Gasteiger partial charge is 0.495 e. The van der Waals surface area contributed by atoms with Crippen LogP contribution in [0.15, 0.2) is 72.2 Å². The molecule has 0 aliphatic heterocycles. The number of anilines is 2. The van der Waals surface area contributed by atoms with Crippen molar-refractivity contribution in [2.45, 2.75) is 44.7 Å². The lowest BCUT2D eigenvalue weighted by molar-refractivity contribution is -0.115. The first-order valence-corrected chi connectivity index (χ1v) is 17.4. The lowest BCUT2D eigenvalue weighted by Gasteiger charge is -2.21. The highest BCUT2D eigenvalue weighted by Crippen LogP contribution is 2.45. The molecule has 2 unspecified atom stereocenters. The maximum atomic E-state index is 14.5. The molecule has 2 aromatic carbocycles. The van der Waals surface area contributed by atoms with E-state index in [4.69, 9.17) is 37.7 Å². The van der Waals surface area contributed by atoms with Gasteiger partial charge in [-0.05, 0) is 69.1 Å². The number of pyridine rings is 1. The Kier molecular flexibility index (Phi) is 12.5. The summed E-state index contributed by atoms with van der Waals surface area (Å²) < 4.78 is 12.5. The number of ether oxygens (including phenoxy) is 2. The highest BCUT2D eigenvalue weighted by atomic mass is 35.5. The van der Waals surface area contributed by atoms with Crippen LogP contribution in [-0.2, 0) is 22.6 Å². The zero-order valence-corrected chi connectivity index (χ0v) is 30.7. The summed E-state index contributed by atoms with van der Waals surface area (Å²) in [5.41, 5.74) is 2.16. The topological polar surface area (TPSA) is 128 Å². The van der Waals surface area contributed by atoms with Crippen molar-refractivity contribution in [2.24, 2.45) is 5.92 Å². The molecule has 2 aromatic heterocycles. The van der Waals surface area contributed by atoms with Crippen LogP contribution in [-0.4, -0.2) is 72.0 Å². The fourth-order valence-corrected chi connectivity index (χ4v) is 6.97. The number of halogens is 2. The van der Waals surface area contributed by atoms with Crippen molar-refractivity contribution in [3.05, 3.63) is 93.4 Å². The van der Waals surface area contributed by atoms with E-state index in [1.165, 1.54) is 26.4 Å². The third-order valence-corrected chi connectivity index (χ3v) is 9.67. The Morgan fingerprint density at radius 2 is 1.78 bits per heavy atom. The van der Waals surface area contributed by atoms with Gasteiger partial charge in [0.05, 0.1) is 29.8 Å². The monoisotopic (exact) mass is 732 g/mol. The second-order valence-corrected chi connectivity index (χ2v) is 13.4. The zero-order chi connectivity index (χ0) is 36.7. The van der Waals surface area contributed by atoms with Crippen LogP contribution in [0, 0.1) is 5.92 Å². The van der Waals surface area contributed by atoms with E-state index in [0.717, 1.165) is 24.8 Å². The Bertz CT molecular complexity index is 1980.